The van der Waals surface area contributed by atoms with E-state index in [1.807, 2.05) is 20.2 Å². The molecule has 6 nitrogen and oxygen atoms in total. The van der Waals surface area contributed by atoms with Crippen LogP contribution in [0.2, 0.25) is 0 Å². The first-order valence-electron chi connectivity index (χ1n) is 6.41. The fourth-order valence-electron chi connectivity index (χ4n) is 2.36. The first kappa shape index (κ1) is 12.1. The van der Waals surface area contributed by atoms with E-state index in [1.165, 1.54) is 0 Å². The lowest BCUT2D eigenvalue weighted by Crippen LogP contribution is -2.24. The SMILES string of the molecule is CCc1nn(C)cc1-c1nc2c(c(=O)[nH]1)COCC2. The molecule has 0 bridgehead atoms. The largest absolute Gasteiger partial charge is 0.376 e. The number of aryl methyl sites for hydroxylation is 2. The van der Waals surface area contributed by atoms with Crippen LogP contribution in [-0.4, -0.2) is 26.4 Å². The minimum Gasteiger partial charge on any atom is -0.376 e. The lowest BCUT2D eigenvalue weighted by atomic mass is 10.1. The smallest absolute Gasteiger partial charge is 0.256 e. The van der Waals surface area contributed by atoms with E-state index < -0.39 is 0 Å². The number of H-pyrrole nitrogens is 1. The number of nitrogens with one attached hydrogen (secondary N) is 1. The molecule has 19 heavy (non-hydrogen) atoms. The quantitative estimate of drug-likeness (QED) is 0.867. The summed E-state index contributed by atoms with van der Waals surface area (Å²) in [6, 6.07) is 0. The first-order valence-corrected chi connectivity index (χ1v) is 6.41. The van der Waals surface area contributed by atoms with Gasteiger partial charge in [0.1, 0.15) is 5.82 Å². The van der Waals surface area contributed by atoms with E-state index in [2.05, 4.69) is 15.1 Å². The van der Waals surface area contributed by atoms with Gasteiger partial charge in [0.15, 0.2) is 0 Å². The van der Waals surface area contributed by atoms with Crippen LogP contribution in [0.25, 0.3) is 11.4 Å². The zero-order valence-electron chi connectivity index (χ0n) is 11.1. The van der Waals surface area contributed by atoms with Gasteiger partial charge in [0.2, 0.25) is 0 Å². The lowest BCUT2D eigenvalue weighted by Gasteiger charge is -2.15. The van der Waals surface area contributed by atoms with Crippen LogP contribution in [0, 0.1) is 0 Å². The molecule has 0 fully saturated rings. The van der Waals surface area contributed by atoms with Crippen molar-refractivity contribution >= 4 is 0 Å². The molecule has 0 aromatic carbocycles. The summed E-state index contributed by atoms with van der Waals surface area (Å²) in [4.78, 5) is 19.5. The Hall–Kier alpha value is -1.95. The van der Waals surface area contributed by atoms with Crippen LogP contribution in [0.5, 0.6) is 0 Å². The maximum absolute atomic E-state index is 12.1. The molecule has 1 aliphatic heterocycles. The molecule has 1 N–H and O–H groups in total. The van der Waals surface area contributed by atoms with E-state index in [0.717, 1.165) is 23.4 Å². The number of fused-ring (bicyclic) bond motifs is 1. The second-order valence-corrected chi connectivity index (χ2v) is 4.66. The van der Waals surface area contributed by atoms with Crippen LogP contribution in [0.15, 0.2) is 11.0 Å². The number of nitrogens with zero attached hydrogens (tertiary/aromatic N) is 3. The van der Waals surface area contributed by atoms with E-state index in [9.17, 15) is 4.79 Å². The van der Waals surface area contributed by atoms with Gasteiger partial charge in [-0.25, -0.2) is 4.98 Å². The molecule has 3 heterocycles. The van der Waals surface area contributed by atoms with Crippen molar-refractivity contribution in [1.82, 2.24) is 19.7 Å². The van der Waals surface area contributed by atoms with Crippen LogP contribution in [0.1, 0.15) is 23.9 Å². The van der Waals surface area contributed by atoms with Gasteiger partial charge in [0, 0.05) is 19.7 Å². The van der Waals surface area contributed by atoms with Gasteiger partial charge in [-0.15, -0.1) is 0 Å². The second-order valence-electron chi connectivity index (χ2n) is 4.66. The number of ether oxygens (including phenoxy) is 1. The molecule has 3 rings (SSSR count). The zero-order chi connectivity index (χ0) is 13.4. The van der Waals surface area contributed by atoms with Gasteiger partial charge < -0.3 is 9.72 Å². The number of aromatic amines is 1. The number of aromatic nitrogens is 4. The van der Waals surface area contributed by atoms with Gasteiger partial charge in [0.05, 0.1) is 35.7 Å². The van der Waals surface area contributed by atoms with Gasteiger partial charge in [-0.1, -0.05) is 6.92 Å². The van der Waals surface area contributed by atoms with Crippen molar-refractivity contribution in [3.63, 3.8) is 0 Å². The van der Waals surface area contributed by atoms with Crippen LogP contribution >= 0.6 is 0 Å². The Balaban J connectivity index is 2.15. The summed E-state index contributed by atoms with van der Waals surface area (Å²) in [5, 5.41) is 4.38. The summed E-state index contributed by atoms with van der Waals surface area (Å²) in [6.07, 6.45) is 3.39. The Kier molecular flexibility index (Phi) is 2.94. The minimum absolute atomic E-state index is 0.106. The average Bonchev–Trinajstić information content (AvgIpc) is 2.80. The van der Waals surface area contributed by atoms with E-state index in [1.54, 1.807) is 4.68 Å². The second kappa shape index (κ2) is 4.62. The number of hydrogen-bond donors (Lipinski definition) is 1. The molecule has 0 atom stereocenters. The van der Waals surface area contributed by atoms with Crippen molar-refractivity contribution in [3.8, 4) is 11.4 Å². The highest BCUT2D eigenvalue weighted by Gasteiger charge is 2.18. The van der Waals surface area contributed by atoms with Crippen molar-refractivity contribution < 1.29 is 4.74 Å². The van der Waals surface area contributed by atoms with Gasteiger partial charge in [-0.2, -0.15) is 5.10 Å². The van der Waals surface area contributed by atoms with Gasteiger partial charge in [-0.05, 0) is 6.42 Å². The molecule has 2 aromatic rings. The van der Waals surface area contributed by atoms with Crippen molar-refractivity contribution in [1.29, 1.82) is 0 Å². The van der Waals surface area contributed by atoms with E-state index in [4.69, 9.17) is 4.74 Å². The summed E-state index contributed by atoms with van der Waals surface area (Å²) < 4.78 is 7.04. The molecule has 0 aliphatic carbocycles. The highest BCUT2D eigenvalue weighted by Crippen LogP contribution is 2.20. The summed E-state index contributed by atoms with van der Waals surface area (Å²) >= 11 is 0. The minimum atomic E-state index is -0.106. The molecule has 0 saturated heterocycles. The molecule has 0 unspecified atom stereocenters. The molecular weight excluding hydrogens is 244 g/mol. The first-order chi connectivity index (χ1) is 9.19. The molecule has 0 spiro atoms. The summed E-state index contributed by atoms with van der Waals surface area (Å²) in [7, 11) is 1.87. The third-order valence-electron chi connectivity index (χ3n) is 3.33. The predicted molar refractivity (Wildman–Crippen MR) is 69.8 cm³/mol. The van der Waals surface area contributed by atoms with Crippen LogP contribution < -0.4 is 5.56 Å². The summed E-state index contributed by atoms with van der Waals surface area (Å²) in [5.41, 5.74) is 3.23. The van der Waals surface area contributed by atoms with Crippen molar-refractivity contribution in [2.45, 2.75) is 26.4 Å². The molecule has 0 saturated carbocycles. The molecule has 2 aromatic heterocycles. The Labute approximate surface area is 110 Å². The Morgan fingerprint density at radius 3 is 3.16 bits per heavy atom. The maximum Gasteiger partial charge on any atom is 0.256 e. The summed E-state index contributed by atoms with van der Waals surface area (Å²) in [5.74, 6) is 0.607. The molecule has 0 amide bonds. The zero-order valence-corrected chi connectivity index (χ0v) is 11.1. The Morgan fingerprint density at radius 1 is 1.53 bits per heavy atom. The van der Waals surface area contributed by atoms with Crippen molar-refractivity contribution in [2.24, 2.45) is 7.05 Å². The maximum atomic E-state index is 12.1. The number of rotatable bonds is 2. The normalized spacial score (nSPS) is 14.4. The predicted octanol–water partition coefficient (Wildman–Crippen LogP) is 0.805. The lowest BCUT2D eigenvalue weighted by molar-refractivity contribution is 0.108. The fraction of sp³-hybridized carbons (Fsp3) is 0.462. The Morgan fingerprint density at radius 2 is 2.37 bits per heavy atom. The highest BCUT2D eigenvalue weighted by molar-refractivity contribution is 5.57. The van der Waals surface area contributed by atoms with E-state index in [0.29, 0.717) is 31.0 Å². The molecule has 0 radical (unpaired) electrons. The topological polar surface area (TPSA) is 72.8 Å². The molecular formula is C13H16N4O2. The molecule has 6 heteroatoms. The standard InChI is InChI=1S/C13H16N4O2/c1-3-10-8(6-17(2)16-10)12-14-11-4-5-19-7-9(11)13(18)15-12/h6H,3-5,7H2,1-2H3,(H,14,15,18). The Bertz CT molecular complexity index is 672. The average molecular weight is 260 g/mol. The fourth-order valence-corrected chi connectivity index (χ4v) is 2.36. The van der Waals surface area contributed by atoms with Crippen LogP contribution in [0.3, 0.4) is 0 Å². The third kappa shape index (κ3) is 2.08. The van der Waals surface area contributed by atoms with Gasteiger partial charge >= 0.3 is 0 Å². The summed E-state index contributed by atoms with van der Waals surface area (Å²) in [6.45, 7) is 3.01. The van der Waals surface area contributed by atoms with Crippen LogP contribution in [0.4, 0.5) is 0 Å². The monoisotopic (exact) mass is 260 g/mol. The van der Waals surface area contributed by atoms with E-state index in [-0.39, 0.29) is 5.56 Å². The van der Waals surface area contributed by atoms with Crippen molar-refractivity contribution in [2.75, 3.05) is 6.61 Å². The molecule has 100 valence electrons. The number of hydrogen-bond acceptors (Lipinski definition) is 4. The van der Waals surface area contributed by atoms with Gasteiger partial charge in [0.25, 0.3) is 5.56 Å². The highest BCUT2D eigenvalue weighted by atomic mass is 16.5. The molecule has 1 aliphatic rings. The van der Waals surface area contributed by atoms with E-state index >= 15 is 0 Å². The van der Waals surface area contributed by atoms with Crippen molar-refractivity contribution in [3.05, 3.63) is 33.5 Å². The third-order valence-corrected chi connectivity index (χ3v) is 3.33. The van der Waals surface area contributed by atoms with Gasteiger partial charge in [-0.3, -0.25) is 9.48 Å². The van der Waals surface area contributed by atoms with Crippen LogP contribution in [-0.2, 0) is 31.2 Å².